The zero-order chi connectivity index (χ0) is 10.3. The lowest BCUT2D eigenvalue weighted by Crippen LogP contribution is -2.13. The Balaban J connectivity index is 3.30. The van der Waals surface area contributed by atoms with Crippen molar-refractivity contribution >= 4 is 16.9 Å². The summed E-state index contributed by atoms with van der Waals surface area (Å²) in [5.74, 6) is -1.85. The average molecular weight is 210 g/mol. The van der Waals surface area contributed by atoms with Gasteiger partial charge in [0.05, 0.1) is 0 Å². The van der Waals surface area contributed by atoms with E-state index in [1.807, 2.05) is 0 Å². The highest BCUT2D eigenvalue weighted by Gasteiger charge is 2.24. The summed E-state index contributed by atoms with van der Waals surface area (Å²) >= 11 is 1.21. The van der Waals surface area contributed by atoms with E-state index in [1.54, 1.807) is 0 Å². The highest BCUT2D eigenvalue weighted by Crippen LogP contribution is 2.25. The van der Waals surface area contributed by atoms with Gasteiger partial charge >= 0.3 is 0 Å². The number of thioether (sulfide) groups is 1. The first kappa shape index (κ1) is 12.9. The van der Waals surface area contributed by atoms with Crippen molar-refractivity contribution < 1.29 is 13.6 Å². The van der Waals surface area contributed by atoms with Crippen LogP contribution < -0.4 is 0 Å². The van der Waals surface area contributed by atoms with E-state index in [-0.39, 0.29) is 18.0 Å². The third-order valence-electron chi connectivity index (χ3n) is 1.76. The first-order valence-corrected chi connectivity index (χ1v) is 5.47. The largest absolute Gasteiger partial charge is 0.288 e. The predicted octanol–water partition coefficient (Wildman–Crippen LogP) is 3.48. The molecule has 0 fully saturated rings. The molecule has 1 nitrogen and oxygen atoms in total. The Morgan fingerprint density at radius 3 is 2.46 bits per heavy atom. The molecule has 0 unspecified atom stereocenters. The van der Waals surface area contributed by atoms with E-state index in [2.05, 4.69) is 0 Å². The van der Waals surface area contributed by atoms with Crippen molar-refractivity contribution in [3.05, 3.63) is 0 Å². The maximum atomic E-state index is 12.7. The van der Waals surface area contributed by atoms with Crippen LogP contribution >= 0.6 is 11.8 Å². The predicted molar refractivity (Wildman–Crippen MR) is 52.2 cm³/mol. The fourth-order valence-electron chi connectivity index (χ4n) is 0.878. The van der Waals surface area contributed by atoms with Crippen LogP contribution in [0.15, 0.2) is 0 Å². The molecule has 4 heteroatoms. The quantitative estimate of drug-likeness (QED) is 0.624. The summed E-state index contributed by atoms with van der Waals surface area (Å²) in [5.41, 5.74) is 0. The fourth-order valence-corrected chi connectivity index (χ4v) is 1.51. The number of hydrogen-bond donors (Lipinski definition) is 0. The lowest BCUT2D eigenvalue weighted by Gasteiger charge is -2.12. The number of alkyl halides is 2. The van der Waals surface area contributed by atoms with Crippen molar-refractivity contribution in [1.29, 1.82) is 0 Å². The van der Waals surface area contributed by atoms with Crippen molar-refractivity contribution in [3.63, 3.8) is 0 Å². The number of carbonyl (C=O) groups is 1. The van der Waals surface area contributed by atoms with Crippen LogP contribution in [0.25, 0.3) is 0 Å². The number of hydrogen-bond acceptors (Lipinski definition) is 2. The minimum Gasteiger partial charge on any atom is -0.288 e. The van der Waals surface area contributed by atoms with Crippen molar-refractivity contribution in [2.24, 2.45) is 0 Å². The molecule has 0 aliphatic carbocycles. The summed E-state index contributed by atoms with van der Waals surface area (Å²) in [4.78, 5) is 10.5. The smallest absolute Gasteiger partial charge is 0.247 e. The summed E-state index contributed by atoms with van der Waals surface area (Å²) in [6, 6.07) is 0. The van der Waals surface area contributed by atoms with E-state index >= 15 is 0 Å². The first-order chi connectivity index (χ1) is 5.98. The van der Waals surface area contributed by atoms with E-state index < -0.39 is 5.92 Å². The second kappa shape index (κ2) is 6.35. The second-order valence-corrected chi connectivity index (χ2v) is 4.28. The molecule has 0 radical (unpaired) electrons. The molecule has 0 aromatic rings. The van der Waals surface area contributed by atoms with Crippen molar-refractivity contribution in [2.45, 2.75) is 45.5 Å². The van der Waals surface area contributed by atoms with Crippen LogP contribution in [-0.2, 0) is 4.79 Å². The normalized spacial score (nSPS) is 11.7. The number of rotatable bonds is 6. The molecule has 0 saturated carbocycles. The van der Waals surface area contributed by atoms with Crippen LogP contribution in [0.4, 0.5) is 8.78 Å². The Kier molecular flexibility index (Phi) is 6.29. The van der Waals surface area contributed by atoms with Crippen molar-refractivity contribution in [1.82, 2.24) is 0 Å². The summed E-state index contributed by atoms with van der Waals surface area (Å²) in [6.45, 7) is 2.98. The van der Waals surface area contributed by atoms with Gasteiger partial charge in [0.25, 0.3) is 0 Å². The molecule has 0 N–H and O–H groups in total. The molecule has 0 aromatic heterocycles. The zero-order valence-corrected chi connectivity index (χ0v) is 8.92. The molecule has 0 atom stereocenters. The van der Waals surface area contributed by atoms with E-state index in [4.69, 9.17) is 0 Å². The van der Waals surface area contributed by atoms with Gasteiger partial charge in [-0.05, 0) is 12.8 Å². The molecule has 0 rings (SSSR count). The van der Waals surface area contributed by atoms with Crippen LogP contribution in [0.5, 0.6) is 0 Å². The molecular weight excluding hydrogens is 194 g/mol. The van der Waals surface area contributed by atoms with Gasteiger partial charge in [-0.1, -0.05) is 18.7 Å². The summed E-state index contributed by atoms with van der Waals surface area (Å²) in [7, 11) is 0. The fraction of sp³-hybridized carbons (Fsp3) is 0.889. The highest BCUT2D eigenvalue weighted by molar-refractivity contribution is 8.13. The number of halogens is 2. The van der Waals surface area contributed by atoms with E-state index in [9.17, 15) is 13.6 Å². The van der Waals surface area contributed by atoms with E-state index in [0.717, 1.165) is 0 Å². The molecule has 0 aliphatic heterocycles. The molecule has 0 heterocycles. The summed E-state index contributed by atoms with van der Waals surface area (Å²) < 4.78 is 25.3. The van der Waals surface area contributed by atoms with Gasteiger partial charge in [0.2, 0.25) is 5.92 Å². The Hall–Kier alpha value is -0.120. The molecule has 0 aromatic carbocycles. The minimum atomic E-state index is -2.51. The van der Waals surface area contributed by atoms with Gasteiger partial charge in [0, 0.05) is 25.5 Å². The Morgan fingerprint density at radius 2 is 2.00 bits per heavy atom. The third-order valence-corrected chi connectivity index (χ3v) is 2.66. The van der Waals surface area contributed by atoms with Gasteiger partial charge in [0.15, 0.2) is 5.12 Å². The van der Waals surface area contributed by atoms with Crippen molar-refractivity contribution in [2.75, 3.05) is 5.75 Å². The molecule has 13 heavy (non-hydrogen) atoms. The van der Waals surface area contributed by atoms with Crippen LogP contribution in [0, 0.1) is 0 Å². The van der Waals surface area contributed by atoms with Crippen molar-refractivity contribution in [3.8, 4) is 0 Å². The molecule has 0 amide bonds. The molecule has 0 spiro atoms. The maximum Gasteiger partial charge on any atom is 0.247 e. The Morgan fingerprint density at radius 1 is 1.38 bits per heavy atom. The zero-order valence-electron chi connectivity index (χ0n) is 8.11. The van der Waals surface area contributed by atoms with E-state index in [0.29, 0.717) is 18.6 Å². The van der Waals surface area contributed by atoms with Crippen LogP contribution in [0.2, 0.25) is 0 Å². The van der Waals surface area contributed by atoms with Gasteiger partial charge in [-0.2, -0.15) is 0 Å². The summed E-state index contributed by atoms with van der Waals surface area (Å²) in [6.07, 6.45) is 1.05. The topological polar surface area (TPSA) is 17.1 Å². The lowest BCUT2D eigenvalue weighted by atomic mass is 10.1. The molecule has 0 bridgehead atoms. The monoisotopic (exact) mass is 210 g/mol. The molecule has 0 aliphatic rings. The summed E-state index contributed by atoms with van der Waals surface area (Å²) in [5, 5.41) is 0.0576. The van der Waals surface area contributed by atoms with Gasteiger partial charge in [-0.15, -0.1) is 0 Å². The minimum absolute atomic E-state index is 0.0536. The molecular formula is C9H16F2OS. The second-order valence-electron chi connectivity index (χ2n) is 3.01. The SMILES string of the molecule is CCC(F)(F)CCCCSC(C)=O. The Labute approximate surface area is 82.3 Å². The average Bonchev–Trinajstić information content (AvgIpc) is 2.03. The Bertz CT molecular complexity index is 160. The van der Waals surface area contributed by atoms with Crippen LogP contribution in [0.1, 0.15) is 39.5 Å². The standard InChI is InChI=1S/C9H16F2OS/c1-3-9(10,11)6-4-5-7-13-8(2)12/h3-7H2,1-2H3. The van der Waals surface area contributed by atoms with Gasteiger partial charge in [0.1, 0.15) is 0 Å². The number of carbonyl (C=O) groups excluding carboxylic acids is 1. The third kappa shape index (κ3) is 8.22. The molecule has 78 valence electrons. The molecule has 0 saturated heterocycles. The number of unbranched alkanes of at least 4 members (excludes halogenated alkanes) is 1. The highest BCUT2D eigenvalue weighted by atomic mass is 32.2. The maximum absolute atomic E-state index is 12.7. The van der Waals surface area contributed by atoms with Crippen LogP contribution in [0.3, 0.4) is 0 Å². The van der Waals surface area contributed by atoms with Gasteiger partial charge < -0.3 is 0 Å². The van der Waals surface area contributed by atoms with Gasteiger partial charge in [-0.3, -0.25) is 4.79 Å². The van der Waals surface area contributed by atoms with Gasteiger partial charge in [-0.25, -0.2) is 8.78 Å². The van der Waals surface area contributed by atoms with E-state index in [1.165, 1.54) is 25.6 Å². The van der Waals surface area contributed by atoms with Crippen LogP contribution in [-0.4, -0.2) is 16.8 Å². The lowest BCUT2D eigenvalue weighted by molar-refractivity contribution is -0.109. The first-order valence-electron chi connectivity index (χ1n) is 4.49.